The van der Waals surface area contributed by atoms with E-state index in [4.69, 9.17) is 16.3 Å². The maximum Gasteiger partial charge on any atom is 0.310 e. The fourth-order valence-electron chi connectivity index (χ4n) is 4.02. The van der Waals surface area contributed by atoms with Crippen LogP contribution in [0.1, 0.15) is 62.7 Å². The number of carbonyl (C=O) groups is 3. The van der Waals surface area contributed by atoms with E-state index in [2.05, 4.69) is 29.5 Å². The second kappa shape index (κ2) is 13.6. The summed E-state index contributed by atoms with van der Waals surface area (Å²) in [7, 11) is 0. The van der Waals surface area contributed by atoms with E-state index >= 15 is 0 Å². The number of rotatable bonds is 10. The van der Waals surface area contributed by atoms with E-state index in [1.54, 1.807) is 28.3 Å². The fraction of sp³-hybridized carbons (Fsp3) is 0.520. The summed E-state index contributed by atoms with van der Waals surface area (Å²) in [6.07, 6.45) is 6.68. The normalized spacial score (nSPS) is 15.6. The molecule has 190 valence electrons. The van der Waals surface area contributed by atoms with Gasteiger partial charge in [0, 0.05) is 23.6 Å². The summed E-state index contributed by atoms with van der Waals surface area (Å²) in [5, 5.41) is 8.12. The van der Waals surface area contributed by atoms with E-state index in [-0.39, 0.29) is 29.5 Å². The van der Waals surface area contributed by atoms with Crippen molar-refractivity contribution in [2.45, 2.75) is 59.1 Å². The van der Waals surface area contributed by atoms with Gasteiger partial charge in [-0.1, -0.05) is 44.7 Å². The Balaban J connectivity index is 1.62. The molecule has 0 bridgehead atoms. The maximum absolute atomic E-state index is 12.8. The Kier molecular flexibility index (Phi) is 10.5. The lowest BCUT2D eigenvalue weighted by atomic mass is 9.96. The van der Waals surface area contributed by atoms with Gasteiger partial charge in [0.15, 0.2) is 11.5 Å². The van der Waals surface area contributed by atoms with Gasteiger partial charge in [-0.3, -0.25) is 19.0 Å². The van der Waals surface area contributed by atoms with E-state index in [1.807, 2.05) is 0 Å². The van der Waals surface area contributed by atoms with Crippen LogP contribution in [0.2, 0.25) is 5.02 Å². The van der Waals surface area contributed by atoms with Crippen LogP contribution in [0.5, 0.6) is 0 Å². The Bertz CT molecular complexity index is 1090. The standard InChI is InChI=1S/C25H33ClN4O4S/c1-3-5-17(4-2)14-22(31)28-21-7-6-19(15-20(21)26)23(32)29-25-30(12-13-35-25)16-34-24(33)18-8-10-27-11-9-18/h6-7,12-13,15,17-18,27H,3-5,8-11,14,16H2,1-2H3,(H,28,31). The van der Waals surface area contributed by atoms with Crippen LogP contribution < -0.4 is 15.4 Å². The molecule has 2 N–H and O–H groups in total. The molecule has 0 aliphatic carbocycles. The van der Waals surface area contributed by atoms with Crippen LogP contribution in [0.15, 0.2) is 34.8 Å². The number of hydrogen-bond acceptors (Lipinski definition) is 6. The van der Waals surface area contributed by atoms with Gasteiger partial charge in [0.1, 0.15) is 0 Å². The number of anilines is 1. The lowest BCUT2D eigenvalue weighted by molar-refractivity contribution is -0.153. The number of amides is 2. The number of halogens is 1. The second-order valence-electron chi connectivity index (χ2n) is 8.70. The Hall–Kier alpha value is -2.49. The maximum atomic E-state index is 12.8. The quantitative estimate of drug-likeness (QED) is 0.446. The average molecular weight is 521 g/mol. The third kappa shape index (κ3) is 8.02. The molecule has 1 aromatic heterocycles. The molecule has 1 saturated heterocycles. The van der Waals surface area contributed by atoms with E-state index in [0.717, 1.165) is 45.2 Å². The van der Waals surface area contributed by atoms with Gasteiger partial charge in [-0.25, -0.2) is 0 Å². The highest BCUT2D eigenvalue weighted by Crippen LogP contribution is 2.25. The number of esters is 1. The van der Waals surface area contributed by atoms with Crippen molar-refractivity contribution < 1.29 is 19.1 Å². The van der Waals surface area contributed by atoms with Crippen molar-refractivity contribution in [1.82, 2.24) is 9.88 Å². The van der Waals surface area contributed by atoms with Crippen molar-refractivity contribution in [3.63, 3.8) is 0 Å². The molecule has 2 heterocycles. The number of hydrogen-bond donors (Lipinski definition) is 2. The van der Waals surface area contributed by atoms with Gasteiger partial charge in [0.05, 0.1) is 16.6 Å². The zero-order valence-corrected chi connectivity index (χ0v) is 21.8. The highest BCUT2D eigenvalue weighted by molar-refractivity contribution is 7.07. The van der Waals surface area contributed by atoms with Crippen LogP contribution in [0.25, 0.3) is 0 Å². The van der Waals surface area contributed by atoms with E-state index in [0.29, 0.717) is 28.4 Å². The summed E-state index contributed by atoms with van der Waals surface area (Å²) in [5.41, 5.74) is 0.771. The summed E-state index contributed by atoms with van der Waals surface area (Å²) in [6.45, 7) is 5.81. The van der Waals surface area contributed by atoms with Gasteiger partial charge in [0.2, 0.25) is 5.91 Å². The zero-order valence-electron chi connectivity index (χ0n) is 20.2. The molecular formula is C25H33ClN4O4S. The highest BCUT2D eigenvalue weighted by Gasteiger charge is 2.22. The number of nitrogens with one attached hydrogen (secondary N) is 2. The number of aromatic nitrogens is 1. The minimum absolute atomic E-state index is 0.000879. The van der Waals surface area contributed by atoms with Crippen LogP contribution >= 0.6 is 22.9 Å². The molecule has 8 nitrogen and oxygen atoms in total. The molecular weight excluding hydrogens is 488 g/mol. The summed E-state index contributed by atoms with van der Waals surface area (Å²) < 4.78 is 7.07. The molecule has 1 aliphatic rings. The third-order valence-corrected chi connectivity index (χ3v) is 7.22. The van der Waals surface area contributed by atoms with Crippen molar-refractivity contribution in [2.24, 2.45) is 16.8 Å². The summed E-state index contributed by atoms with van der Waals surface area (Å²) >= 11 is 7.62. The van der Waals surface area contributed by atoms with Crippen LogP contribution in [0.3, 0.4) is 0 Å². The molecule has 0 saturated carbocycles. The molecule has 1 aliphatic heterocycles. The molecule has 1 aromatic carbocycles. The highest BCUT2D eigenvalue weighted by atomic mass is 35.5. The number of nitrogens with zero attached hydrogens (tertiary/aromatic N) is 2. The van der Waals surface area contributed by atoms with Crippen molar-refractivity contribution in [2.75, 3.05) is 18.4 Å². The van der Waals surface area contributed by atoms with Gasteiger partial charge < -0.3 is 15.4 Å². The Morgan fingerprint density at radius 3 is 2.74 bits per heavy atom. The Morgan fingerprint density at radius 1 is 1.29 bits per heavy atom. The molecule has 1 atom stereocenters. The Labute approximate surface area is 214 Å². The Morgan fingerprint density at radius 2 is 2.06 bits per heavy atom. The molecule has 1 fully saturated rings. The van der Waals surface area contributed by atoms with Gasteiger partial charge in [-0.2, -0.15) is 4.99 Å². The van der Waals surface area contributed by atoms with Crippen molar-refractivity contribution in [1.29, 1.82) is 0 Å². The van der Waals surface area contributed by atoms with Gasteiger partial charge in [0.25, 0.3) is 5.91 Å². The predicted molar refractivity (Wildman–Crippen MR) is 137 cm³/mol. The van der Waals surface area contributed by atoms with E-state index in [9.17, 15) is 14.4 Å². The molecule has 0 spiro atoms. The second-order valence-corrected chi connectivity index (χ2v) is 9.98. The number of thiazole rings is 1. The number of piperidine rings is 1. The zero-order chi connectivity index (χ0) is 25.2. The fourth-order valence-corrected chi connectivity index (χ4v) is 4.96. The molecule has 2 amide bonds. The average Bonchev–Trinajstić information content (AvgIpc) is 3.30. The molecule has 10 heteroatoms. The first-order valence-electron chi connectivity index (χ1n) is 12.1. The van der Waals surface area contributed by atoms with Gasteiger partial charge in [-0.05, 0) is 50.0 Å². The predicted octanol–water partition coefficient (Wildman–Crippen LogP) is 4.60. The van der Waals surface area contributed by atoms with E-state index in [1.165, 1.54) is 17.4 Å². The van der Waals surface area contributed by atoms with Crippen LogP contribution in [0, 0.1) is 11.8 Å². The van der Waals surface area contributed by atoms with Crippen molar-refractivity contribution >= 4 is 46.4 Å². The SMILES string of the molecule is CCCC(CC)CC(=O)Nc1ccc(C(=O)N=c2sccn2COC(=O)C2CCNCC2)cc1Cl. The van der Waals surface area contributed by atoms with Crippen LogP contribution in [-0.4, -0.2) is 35.4 Å². The molecule has 1 unspecified atom stereocenters. The molecule has 3 rings (SSSR count). The summed E-state index contributed by atoms with van der Waals surface area (Å²) in [6, 6.07) is 4.71. The summed E-state index contributed by atoms with van der Waals surface area (Å²) in [5.74, 6) is -0.547. The first kappa shape index (κ1) is 27.1. The largest absolute Gasteiger partial charge is 0.444 e. The number of benzene rings is 1. The monoisotopic (exact) mass is 520 g/mol. The van der Waals surface area contributed by atoms with Crippen LogP contribution in [0.4, 0.5) is 5.69 Å². The first-order chi connectivity index (χ1) is 16.9. The number of ether oxygens (including phenoxy) is 1. The van der Waals surface area contributed by atoms with Gasteiger partial charge in [-0.15, -0.1) is 11.3 Å². The van der Waals surface area contributed by atoms with Crippen molar-refractivity contribution in [3.05, 3.63) is 45.2 Å². The first-order valence-corrected chi connectivity index (χ1v) is 13.4. The minimum Gasteiger partial charge on any atom is -0.444 e. The number of carbonyl (C=O) groups excluding carboxylic acids is 3. The summed E-state index contributed by atoms with van der Waals surface area (Å²) in [4.78, 5) is 42.0. The molecule has 0 radical (unpaired) electrons. The molecule has 35 heavy (non-hydrogen) atoms. The van der Waals surface area contributed by atoms with Gasteiger partial charge >= 0.3 is 5.97 Å². The lowest BCUT2D eigenvalue weighted by Crippen LogP contribution is -2.33. The van der Waals surface area contributed by atoms with Crippen molar-refractivity contribution in [3.8, 4) is 0 Å². The smallest absolute Gasteiger partial charge is 0.310 e. The lowest BCUT2D eigenvalue weighted by Gasteiger charge is -2.20. The van der Waals surface area contributed by atoms with Crippen LogP contribution in [-0.2, 0) is 21.1 Å². The minimum atomic E-state index is -0.473. The topological polar surface area (TPSA) is 102 Å². The third-order valence-electron chi connectivity index (χ3n) is 6.11. The van der Waals surface area contributed by atoms with E-state index < -0.39 is 5.91 Å². The molecule has 2 aromatic rings.